The molecule has 4 aromatic rings. The minimum atomic E-state index is -4.66. The molecule has 0 saturated heterocycles. The Morgan fingerprint density at radius 3 is 2.56 bits per heavy atom. The van der Waals surface area contributed by atoms with Gasteiger partial charge in [-0.2, -0.15) is 18.3 Å². The SMILES string of the molecule is CO[N+](=O)c1cccc(C(=O)Nc2ccc(-n3nc(-c4cccnc4)cc3C(F)(F)F)cn2)c1. The Bertz CT molecular complexity index is 1340. The van der Waals surface area contributed by atoms with Gasteiger partial charge in [0, 0.05) is 35.7 Å². The summed E-state index contributed by atoms with van der Waals surface area (Å²) in [5.74, 6) is -0.474. The van der Waals surface area contributed by atoms with E-state index in [1.165, 1.54) is 55.9 Å². The van der Waals surface area contributed by atoms with Crippen molar-refractivity contribution in [2.45, 2.75) is 6.18 Å². The third-order valence-electron chi connectivity index (χ3n) is 4.68. The molecule has 1 aromatic carbocycles. The summed E-state index contributed by atoms with van der Waals surface area (Å²) >= 11 is 0. The molecule has 9 nitrogen and oxygen atoms in total. The standard InChI is InChI=1S/C22H15F3N6O3/c1-34-31(33)16-6-2-4-14(10-16)21(32)28-20-8-7-17(13-27-20)30-19(22(23,24)25)11-18(29-30)15-5-3-9-26-12-15/h2-13H,1H3/p+1. The van der Waals surface area contributed by atoms with Gasteiger partial charge in [0.15, 0.2) is 7.11 Å². The summed E-state index contributed by atoms with van der Waals surface area (Å²) in [5.41, 5.74) is -0.140. The van der Waals surface area contributed by atoms with Crippen LogP contribution in [0.3, 0.4) is 0 Å². The molecule has 12 heteroatoms. The first kappa shape index (κ1) is 22.6. The van der Waals surface area contributed by atoms with Gasteiger partial charge in [-0.3, -0.25) is 9.78 Å². The van der Waals surface area contributed by atoms with Crippen molar-refractivity contribution in [2.24, 2.45) is 0 Å². The summed E-state index contributed by atoms with van der Waals surface area (Å²) in [6, 6.07) is 12.6. The van der Waals surface area contributed by atoms with Gasteiger partial charge in [0.25, 0.3) is 10.8 Å². The molecule has 4 rings (SSSR count). The maximum absolute atomic E-state index is 13.6. The summed E-state index contributed by atoms with van der Waals surface area (Å²) in [6.45, 7) is 0. The van der Waals surface area contributed by atoms with Gasteiger partial charge in [0.1, 0.15) is 11.5 Å². The topological polar surface area (TPSA) is 102 Å². The van der Waals surface area contributed by atoms with Crippen molar-refractivity contribution in [2.75, 3.05) is 12.4 Å². The lowest BCUT2D eigenvalue weighted by Crippen LogP contribution is -2.15. The number of hydrogen-bond acceptors (Lipinski definition) is 6. The summed E-state index contributed by atoms with van der Waals surface area (Å²) in [6.07, 6.45) is -0.585. The number of aromatic nitrogens is 4. The van der Waals surface area contributed by atoms with E-state index < -0.39 is 17.8 Å². The second-order valence-corrected chi connectivity index (χ2v) is 6.91. The van der Waals surface area contributed by atoms with E-state index >= 15 is 0 Å². The number of hydrogen-bond donors (Lipinski definition) is 1. The van der Waals surface area contributed by atoms with Gasteiger partial charge >= 0.3 is 11.9 Å². The Labute approximate surface area is 190 Å². The lowest BCUT2D eigenvalue weighted by atomic mass is 10.2. The van der Waals surface area contributed by atoms with E-state index in [0.717, 1.165) is 16.9 Å². The van der Waals surface area contributed by atoms with Crippen LogP contribution in [-0.2, 0) is 11.0 Å². The van der Waals surface area contributed by atoms with Crippen LogP contribution < -0.4 is 5.32 Å². The minimum absolute atomic E-state index is 0.0459. The average molecular weight is 469 g/mol. The smallest absolute Gasteiger partial charge is 0.307 e. The Morgan fingerprint density at radius 1 is 1.09 bits per heavy atom. The zero-order chi connectivity index (χ0) is 24.3. The van der Waals surface area contributed by atoms with Crippen LogP contribution in [0.4, 0.5) is 24.7 Å². The van der Waals surface area contributed by atoms with Gasteiger partial charge in [-0.1, -0.05) is 6.07 Å². The van der Waals surface area contributed by atoms with E-state index in [2.05, 4.69) is 25.2 Å². The number of pyridine rings is 2. The largest absolute Gasteiger partial charge is 0.433 e. The first-order chi connectivity index (χ1) is 16.3. The summed E-state index contributed by atoms with van der Waals surface area (Å²) in [7, 11) is 1.19. The molecular weight excluding hydrogens is 453 g/mol. The molecule has 0 aliphatic rings. The molecular formula is C22H16F3N6O3+. The number of alkyl halides is 3. The number of carbonyl (C=O) groups is 1. The van der Waals surface area contributed by atoms with Crippen LogP contribution in [0.5, 0.6) is 0 Å². The van der Waals surface area contributed by atoms with Crippen LogP contribution >= 0.6 is 0 Å². The Hall–Kier alpha value is -4.61. The number of nitrogens with one attached hydrogen (secondary N) is 1. The number of amides is 1. The summed E-state index contributed by atoms with van der Waals surface area (Å²) < 4.78 is 41.6. The Morgan fingerprint density at radius 2 is 1.91 bits per heavy atom. The van der Waals surface area contributed by atoms with Crippen LogP contribution in [-0.4, -0.2) is 37.7 Å². The van der Waals surface area contributed by atoms with Gasteiger partial charge in [-0.15, -0.1) is 0 Å². The maximum Gasteiger partial charge on any atom is 0.433 e. The number of halogens is 3. The lowest BCUT2D eigenvalue weighted by molar-refractivity contribution is -0.736. The van der Waals surface area contributed by atoms with Crippen LogP contribution in [0.2, 0.25) is 0 Å². The van der Waals surface area contributed by atoms with Crippen molar-refractivity contribution in [1.82, 2.24) is 19.7 Å². The zero-order valence-electron chi connectivity index (χ0n) is 17.5. The molecule has 34 heavy (non-hydrogen) atoms. The highest BCUT2D eigenvalue weighted by molar-refractivity contribution is 6.04. The molecule has 0 spiro atoms. The molecule has 3 heterocycles. The molecule has 0 aliphatic heterocycles. The number of carbonyl (C=O) groups excluding carboxylic acids is 1. The van der Waals surface area contributed by atoms with Gasteiger partial charge in [-0.05, 0) is 36.4 Å². The number of anilines is 1. The van der Waals surface area contributed by atoms with Crippen LogP contribution in [0.15, 0.2) is 73.2 Å². The lowest BCUT2D eigenvalue weighted by Gasteiger charge is -2.10. The molecule has 0 unspecified atom stereocenters. The molecule has 0 atom stereocenters. The van der Waals surface area contributed by atoms with Crippen LogP contribution in [0, 0.1) is 4.91 Å². The van der Waals surface area contributed by atoms with Crippen molar-refractivity contribution in [3.05, 3.63) is 89.4 Å². The average Bonchev–Trinajstić information content (AvgIpc) is 3.31. The number of nitrogens with zero attached hydrogens (tertiary/aromatic N) is 5. The monoisotopic (exact) mass is 469 g/mol. The van der Waals surface area contributed by atoms with Gasteiger partial charge in [0.2, 0.25) is 0 Å². The van der Waals surface area contributed by atoms with Gasteiger partial charge in [0.05, 0.1) is 22.5 Å². The fraction of sp³-hybridized carbons (Fsp3) is 0.0909. The first-order valence-corrected chi connectivity index (χ1v) is 9.73. The molecule has 0 aliphatic carbocycles. The highest BCUT2D eigenvalue weighted by Gasteiger charge is 2.36. The Balaban J connectivity index is 1.59. The third-order valence-corrected chi connectivity index (χ3v) is 4.68. The third kappa shape index (κ3) is 4.75. The summed E-state index contributed by atoms with van der Waals surface area (Å²) in [4.78, 5) is 36.8. The molecule has 0 fully saturated rings. The molecule has 172 valence electrons. The fourth-order valence-electron chi connectivity index (χ4n) is 3.08. The van der Waals surface area contributed by atoms with E-state index in [0.29, 0.717) is 5.56 Å². The van der Waals surface area contributed by atoms with E-state index in [1.54, 1.807) is 12.1 Å². The molecule has 1 N–H and O–H groups in total. The molecule has 0 bridgehead atoms. The van der Waals surface area contributed by atoms with E-state index in [9.17, 15) is 22.9 Å². The molecule has 1 amide bonds. The van der Waals surface area contributed by atoms with E-state index in [4.69, 9.17) is 0 Å². The number of rotatable bonds is 6. The summed E-state index contributed by atoms with van der Waals surface area (Å²) in [5, 5.41) is 6.60. The maximum atomic E-state index is 13.6. The minimum Gasteiger partial charge on any atom is -0.307 e. The highest BCUT2D eigenvalue weighted by atomic mass is 19.4. The van der Waals surface area contributed by atoms with Crippen molar-refractivity contribution in [3.8, 4) is 16.9 Å². The predicted octanol–water partition coefficient (Wildman–Crippen LogP) is 4.57. The normalized spacial score (nSPS) is 11.2. The van der Waals surface area contributed by atoms with Gasteiger partial charge < -0.3 is 5.32 Å². The van der Waals surface area contributed by atoms with Gasteiger partial charge in [-0.25, -0.2) is 14.5 Å². The Kier molecular flexibility index (Phi) is 6.04. The highest BCUT2D eigenvalue weighted by Crippen LogP contribution is 2.34. The molecule has 3 aromatic heterocycles. The van der Waals surface area contributed by atoms with Crippen molar-refractivity contribution in [1.29, 1.82) is 0 Å². The zero-order valence-corrected chi connectivity index (χ0v) is 17.5. The second kappa shape index (κ2) is 9.10. The predicted molar refractivity (Wildman–Crippen MR) is 114 cm³/mol. The van der Waals surface area contributed by atoms with E-state index in [1.807, 2.05) is 0 Å². The van der Waals surface area contributed by atoms with Crippen molar-refractivity contribution >= 4 is 17.4 Å². The van der Waals surface area contributed by atoms with Crippen LogP contribution in [0.1, 0.15) is 16.1 Å². The quantitative estimate of drug-likeness (QED) is 0.415. The van der Waals surface area contributed by atoms with Crippen molar-refractivity contribution in [3.63, 3.8) is 0 Å². The molecule has 0 radical (unpaired) electrons. The van der Waals surface area contributed by atoms with Crippen molar-refractivity contribution < 1.29 is 27.7 Å². The van der Waals surface area contributed by atoms with E-state index in [-0.39, 0.29) is 33.4 Å². The fourth-order valence-corrected chi connectivity index (χ4v) is 3.08. The van der Waals surface area contributed by atoms with Crippen LogP contribution in [0.25, 0.3) is 16.9 Å². The number of benzene rings is 1. The second-order valence-electron chi connectivity index (χ2n) is 6.91. The molecule has 0 saturated carbocycles. The first-order valence-electron chi connectivity index (χ1n) is 9.73.